The van der Waals surface area contributed by atoms with Gasteiger partial charge in [0.2, 0.25) is 11.8 Å². The summed E-state index contributed by atoms with van der Waals surface area (Å²) < 4.78 is 43.2. The molecule has 2 aliphatic heterocycles. The van der Waals surface area contributed by atoms with Crippen molar-refractivity contribution in [1.29, 1.82) is 0 Å². The number of nitrogens with zero attached hydrogens (tertiary/aromatic N) is 8. The Hall–Kier alpha value is -4.30. The minimum Gasteiger partial charge on any atom is -0.486 e. The summed E-state index contributed by atoms with van der Waals surface area (Å²) in [7, 11) is 0. The van der Waals surface area contributed by atoms with E-state index < -0.39 is 12.3 Å². The summed E-state index contributed by atoms with van der Waals surface area (Å²) >= 11 is 0. The second kappa shape index (κ2) is 10.0. The number of nitrogens with two attached hydrogens (primary N) is 1. The zero-order chi connectivity index (χ0) is 27.2. The first-order chi connectivity index (χ1) is 19.5. The number of rotatable bonds is 7. The number of ether oxygens (including phenoxy) is 1. The molecule has 1 aromatic carbocycles. The first-order valence-electron chi connectivity index (χ1n) is 13.2. The molecule has 4 aromatic heterocycles. The number of halogens is 2. The Kier molecular flexibility index (Phi) is 6.20. The van der Waals surface area contributed by atoms with E-state index in [1.54, 1.807) is 36.9 Å². The van der Waals surface area contributed by atoms with Crippen LogP contribution in [0.2, 0.25) is 0 Å². The molecule has 0 saturated carbocycles. The largest absolute Gasteiger partial charge is 0.486 e. The van der Waals surface area contributed by atoms with Gasteiger partial charge in [0.15, 0.2) is 28.7 Å². The van der Waals surface area contributed by atoms with Crippen molar-refractivity contribution in [3.63, 3.8) is 0 Å². The molecule has 3 N–H and O–H groups in total. The van der Waals surface area contributed by atoms with Crippen molar-refractivity contribution >= 4 is 28.4 Å². The lowest BCUT2D eigenvalue weighted by molar-refractivity contribution is 0.139. The molecule has 12 nitrogen and oxygen atoms in total. The molecule has 0 bridgehead atoms. The van der Waals surface area contributed by atoms with Crippen molar-refractivity contribution in [2.45, 2.75) is 18.8 Å². The molecule has 0 spiro atoms. The van der Waals surface area contributed by atoms with E-state index in [-0.39, 0.29) is 18.3 Å². The first kappa shape index (κ1) is 24.7. The molecule has 7 rings (SSSR count). The summed E-state index contributed by atoms with van der Waals surface area (Å²) in [6.45, 7) is 5.02. The SMILES string of the molecule is Nc1nc2c(ncn2CCN2CCN(c3ccc(O[C@H]4CNC[C@@H]4F)cc3F)CC2)c2nc(-c3ccco3)nn12. The standard InChI is InChI=1S/C26H28F2N10O2/c27-17-12-16(40-21-14-30-13-18(21)28)3-4-19(17)36-8-5-35(6-9-36)7-10-37-15-31-22-24(37)33-26(29)38-25(22)32-23(34-38)20-2-1-11-39-20/h1-4,11-12,15,18,21,30H,5-10,13-14H2,(H2,29,33)/t18-,21-/m0/s1. The summed E-state index contributed by atoms with van der Waals surface area (Å²) in [5, 5.41) is 7.35. The van der Waals surface area contributed by atoms with Crippen molar-refractivity contribution in [2.75, 3.05) is 56.4 Å². The summed E-state index contributed by atoms with van der Waals surface area (Å²) in [5.41, 5.74) is 8.49. The van der Waals surface area contributed by atoms with Gasteiger partial charge in [-0.05, 0) is 24.3 Å². The number of anilines is 2. The highest BCUT2D eigenvalue weighted by Crippen LogP contribution is 2.27. The maximum Gasteiger partial charge on any atom is 0.225 e. The number of nitrogens with one attached hydrogen (secondary N) is 1. The van der Waals surface area contributed by atoms with E-state index >= 15 is 0 Å². The quantitative estimate of drug-likeness (QED) is 0.310. The minimum atomic E-state index is -1.09. The number of hydrogen-bond donors (Lipinski definition) is 2. The smallest absolute Gasteiger partial charge is 0.225 e. The van der Waals surface area contributed by atoms with E-state index in [1.165, 1.54) is 10.6 Å². The average Bonchev–Trinajstić information content (AvgIpc) is 3.76. The zero-order valence-corrected chi connectivity index (χ0v) is 21.6. The summed E-state index contributed by atoms with van der Waals surface area (Å²) in [4.78, 5) is 18.0. The van der Waals surface area contributed by atoms with E-state index in [9.17, 15) is 8.78 Å². The molecule has 2 fully saturated rings. The highest BCUT2D eigenvalue weighted by Gasteiger charge is 2.29. The number of piperazine rings is 1. The van der Waals surface area contributed by atoms with Crippen molar-refractivity contribution in [1.82, 2.24) is 39.3 Å². The Bertz CT molecular complexity index is 1640. The Morgan fingerprint density at radius 1 is 1.07 bits per heavy atom. The number of nitrogen functional groups attached to an aromatic ring is 1. The van der Waals surface area contributed by atoms with Gasteiger partial charge in [0.05, 0.1) is 18.3 Å². The van der Waals surface area contributed by atoms with Crippen LogP contribution in [0.1, 0.15) is 0 Å². The van der Waals surface area contributed by atoms with Crippen LogP contribution in [-0.4, -0.2) is 92.1 Å². The van der Waals surface area contributed by atoms with Gasteiger partial charge >= 0.3 is 0 Å². The van der Waals surface area contributed by atoms with E-state index in [4.69, 9.17) is 14.9 Å². The molecule has 14 heteroatoms. The van der Waals surface area contributed by atoms with Crippen molar-refractivity contribution in [2.24, 2.45) is 0 Å². The molecular formula is C26H28F2N10O2. The fraction of sp³-hybridized carbons (Fsp3) is 0.385. The van der Waals surface area contributed by atoms with Crippen molar-refractivity contribution in [3.8, 4) is 17.3 Å². The molecule has 208 valence electrons. The Morgan fingerprint density at radius 3 is 2.70 bits per heavy atom. The maximum absolute atomic E-state index is 14.9. The second-order valence-corrected chi connectivity index (χ2v) is 10.0. The van der Waals surface area contributed by atoms with Crippen LogP contribution in [0.15, 0.2) is 47.3 Å². The van der Waals surface area contributed by atoms with Crippen molar-refractivity contribution < 1.29 is 17.9 Å². The van der Waals surface area contributed by atoms with Crippen molar-refractivity contribution in [3.05, 3.63) is 48.7 Å². The zero-order valence-electron chi connectivity index (χ0n) is 21.6. The summed E-state index contributed by atoms with van der Waals surface area (Å²) in [6, 6.07) is 8.32. The Labute approximate surface area is 227 Å². The summed E-state index contributed by atoms with van der Waals surface area (Å²) in [6.07, 6.45) is 1.62. The fourth-order valence-electron chi connectivity index (χ4n) is 5.30. The second-order valence-electron chi connectivity index (χ2n) is 10.0. The van der Waals surface area contributed by atoms with Gasteiger partial charge in [-0.3, -0.25) is 4.90 Å². The van der Waals surface area contributed by atoms with Crippen LogP contribution in [0.25, 0.3) is 28.4 Å². The predicted octanol–water partition coefficient (Wildman–Crippen LogP) is 1.97. The molecule has 0 unspecified atom stereocenters. The summed E-state index contributed by atoms with van der Waals surface area (Å²) in [5.74, 6) is 1.15. The van der Waals surface area contributed by atoms with Crippen LogP contribution in [0.5, 0.6) is 5.75 Å². The van der Waals surface area contributed by atoms with E-state index in [0.29, 0.717) is 66.0 Å². The van der Waals surface area contributed by atoms with Crippen LogP contribution >= 0.6 is 0 Å². The normalized spacial score (nSPS) is 20.2. The topological polar surface area (TPSA) is 128 Å². The average molecular weight is 551 g/mol. The number of furan rings is 1. The minimum absolute atomic E-state index is 0.214. The number of alkyl halides is 1. The van der Waals surface area contributed by atoms with Crippen LogP contribution in [0.3, 0.4) is 0 Å². The number of hydrogen-bond acceptors (Lipinski definition) is 10. The van der Waals surface area contributed by atoms with Gasteiger partial charge in [-0.2, -0.15) is 9.50 Å². The fourth-order valence-corrected chi connectivity index (χ4v) is 5.30. The van der Waals surface area contributed by atoms with Crippen LogP contribution in [0.4, 0.5) is 20.4 Å². The number of fused-ring (bicyclic) bond motifs is 3. The van der Waals surface area contributed by atoms with Gasteiger partial charge < -0.3 is 29.7 Å². The lowest BCUT2D eigenvalue weighted by Crippen LogP contribution is -2.47. The maximum atomic E-state index is 14.9. The van der Waals surface area contributed by atoms with Gasteiger partial charge in [0.1, 0.15) is 17.7 Å². The first-order valence-corrected chi connectivity index (χ1v) is 13.2. The highest BCUT2D eigenvalue weighted by molar-refractivity contribution is 5.87. The Morgan fingerprint density at radius 2 is 1.95 bits per heavy atom. The molecule has 5 aromatic rings. The molecule has 2 atom stereocenters. The predicted molar refractivity (Wildman–Crippen MR) is 143 cm³/mol. The molecule has 0 radical (unpaired) electrons. The Balaban J connectivity index is 0.990. The van der Waals surface area contributed by atoms with E-state index in [0.717, 1.165) is 19.6 Å². The molecule has 6 heterocycles. The van der Waals surface area contributed by atoms with E-state index in [1.807, 2.05) is 9.47 Å². The highest BCUT2D eigenvalue weighted by atomic mass is 19.1. The molecule has 2 saturated heterocycles. The molecule has 0 aliphatic carbocycles. The third-order valence-corrected chi connectivity index (χ3v) is 7.47. The molecular weight excluding hydrogens is 522 g/mol. The molecule has 0 amide bonds. The molecule has 2 aliphatic rings. The van der Waals surface area contributed by atoms with Crippen LogP contribution < -0.4 is 20.7 Å². The van der Waals surface area contributed by atoms with Gasteiger partial charge in [-0.15, -0.1) is 5.10 Å². The van der Waals surface area contributed by atoms with Crippen LogP contribution in [0, 0.1) is 5.82 Å². The lowest BCUT2D eigenvalue weighted by Gasteiger charge is -2.36. The number of benzene rings is 1. The van der Waals surface area contributed by atoms with Gasteiger partial charge in [-0.25, -0.2) is 18.7 Å². The van der Waals surface area contributed by atoms with Gasteiger partial charge in [-0.1, -0.05) is 0 Å². The number of aromatic nitrogens is 6. The van der Waals surface area contributed by atoms with Crippen LogP contribution in [-0.2, 0) is 6.54 Å². The monoisotopic (exact) mass is 550 g/mol. The van der Waals surface area contributed by atoms with Gasteiger partial charge in [0.25, 0.3) is 0 Å². The number of imidazole rings is 1. The van der Waals surface area contributed by atoms with Gasteiger partial charge in [0, 0.05) is 58.4 Å². The third kappa shape index (κ3) is 4.48. The third-order valence-electron chi connectivity index (χ3n) is 7.47. The van der Waals surface area contributed by atoms with E-state index in [2.05, 4.69) is 30.3 Å². The molecule has 40 heavy (non-hydrogen) atoms. The lowest BCUT2D eigenvalue weighted by atomic mass is 10.2.